The van der Waals surface area contributed by atoms with E-state index in [2.05, 4.69) is 24.3 Å². The molecule has 0 saturated heterocycles. The van der Waals surface area contributed by atoms with Crippen LogP contribution in [-0.4, -0.2) is 36.2 Å². The number of hydrogen-bond donors (Lipinski definition) is 3. The number of ether oxygens (including phenoxy) is 1. The van der Waals surface area contributed by atoms with Crippen LogP contribution >= 0.6 is 0 Å². The highest BCUT2D eigenvalue weighted by Crippen LogP contribution is 2.48. The van der Waals surface area contributed by atoms with Crippen molar-refractivity contribution < 1.29 is 14.7 Å². The van der Waals surface area contributed by atoms with Gasteiger partial charge in [-0.2, -0.15) is 0 Å². The van der Waals surface area contributed by atoms with E-state index in [9.17, 15) is 4.79 Å². The molecular formula is C12H21N3O3. The van der Waals surface area contributed by atoms with Crippen molar-refractivity contribution in [2.75, 3.05) is 7.11 Å². The molecule has 1 amide bonds. The molecule has 0 aromatic carbocycles. The Balaban J connectivity index is 1.98. The van der Waals surface area contributed by atoms with Gasteiger partial charge >= 0.3 is 0 Å². The number of methoxy groups -OCH3 is 1. The number of carbonyl (C=O) groups excluding carboxylic acids is 1. The summed E-state index contributed by atoms with van der Waals surface area (Å²) in [5, 5.41) is 14.7. The molecule has 0 heterocycles. The number of amides is 1. The Hall–Kier alpha value is -1.30. The number of carbonyl (C=O) groups is 1. The van der Waals surface area contributed by atoms with Crippen molar-refractivity contribution >= 4 is 11.7 Å². The third kappa shape index (κ3) is 1.75. The number of oxime groups is 1. The topological polar surface area (TPSA) is 96.9 Å². The minimum atomic E-state index is -0.775. The first-order valence-electron chi connectivity index (χ1n) is 6.20. The molecule has 0 spiro atoms. The summed E-state index contributed by atoms with van der Waals surface area (Å²) >= 11 is 0. The van der Waals surface area contributed by atoms with E-state index in [0.717, 1.165) is 6.42 Å². The van der Waals surface area contributed by atoms with Gasteiger partial charge < -0.3 is 21.0 Å². The molecule has 4 N–H and O–H groups in total. The van der Waals surface area contributed by atoms with Gasteiger partial charge in [0.05, 0.1) is 6.10 Å². The van der Waals surface area contributed by atoms with Gasteiger partial charge in [-0.25, -0.2) is 0 Å². The molecule has 0 bridgehead atoms. The van der Waals surface area contributed by atoms with Crippen molar-refractivity contribution in [2.24, 2.45) is 21.7 Å². The van der Waals surface area contributed by atoms with Gasteiger partial charge in [-0.05, 0) is 19.3 Å². The van der Waals surface area contributed by atoms with Gasteiger partial charge in [-0.1, -0.05) is 19.0 Å². The van der Waals surface area contributed by atoms with E-state index in [1.54, 1.807) is 7.11 Å². The van der Waals surface area contributed by atoms with E-state index in [1.807, 2.05) is 0 Å². The van der Waals surface area contributed by atoms with Crippen molar-refractivity contribution in [3.05, 3.63) is 0 Å². The number of nitrogens with one attached hydrogen (secondary N) is 1. The predicted octanol–water partition coefficient (Wildman–Crippen LogP) is 0.443. The lowest BCUT2D eigenvalue weighted by atomic mass is 9.64. The quantitative estimate of drug-likeness (QED) is 0.294. The first-order valence-corrected chi connectivity index (χ1v) is 6.20. The fourth-order valence-electron chi connectivity index (χ4n) is 2.65. The zero-order valence-corrected chi connectivity index (χ0v) is 11.1. The van der Waals surface area contributed by atoms with E-state index < -0.39 is 5.41 Å². The van der Waals surface area contributed by atoms with Crippen molar-refractivity contribution in [3.63, 3.8) is 0 Å². The Bertz CT molecular complexity index is 388. The molecule has 0 radical (unpaired) electrons. The second-order valence-electron chi connectivity index (χ2n) is 5.87. The van der Waals surface area contributed by atoms with Gasteiger partial charge in [0.15, 0.2) is 5.84 Å². The molecule has 2 fully saturated rings. The molecule has 18 heavy (non-hydrogen) atoms. The Morgan fingerprint density at radius 2 is 2.11 bits per heavy atom. The number of rotatable bonds is 4. The summed E-state index contributed by atoms with van der Waals surface area (Å²) in [7, 11) is 1.68. The van der Waals surface area contributed by atoms with E-state index in [4.69, 9.17) is 15.7 Å². The van der Waals surface area contributed by atoms with Crippen LogP contribution in [0.15, 0.2) is 5.16 Å². The Labute approximate surface area is 107 Å². The minimum Gasteiger partial charge on any atom is -0.409 e. The SMILES string of the molecule is COC1CC(NC(=O)C2(C(N)=NO)CC2)C1(C)C. The number of nitrogens with two attached hydrogens (primary N) is 1. The fraction of sp³-hybridized carbons (Fsp3) is 0.833. The van der Waals surface area contributed by atoms with E-state index in [0.29, 0.717) is 12.8 Å². The van der Waals surface area contributed by atoms with Gasteiger partial charge in [0.2, 0.25) is 5.91 Å². The average molecular weight is 255 g/mol. The van der Waals surface area contributed by atoms with Crippen molar-refractivity contribution in [1.82, 2.24) is 5.32 Å². The fourth-order valence-corrected chi connectivity index (χ4v) is 2.65. The largest absolute Gasteiger partial charge is 0.409 e. The summed E-state index contributed by atoms with van der Waals surface area (Å²) < 4.78 is 5.34. The maximum atomic E-state index is 12.2. The van der Waals surface area contributed by atoms with Crippen molar-refractivity contribution in [1.29, 1.82) is 0 Å². The smallest absolute Gasteiger partial charge is 0.234 e. The predicted molar refractivity (Wildman–Crippen MR) is 66.2 cm³/mol. The minimum absolute atomic E-state index is 0.0143. The van der Waals surface area contributed by atoms with Gasteiger partial charge in [-0.3, -0.25) is 4.79 Å². The van der Waals surface area contributed by atoms with Gasteiger partial charge in [0.1, 0.15) is 5.41 Å². The van der Waals surface area contributed by atoms with E-state index in [1.165, 1.54) is 0 Å². The van der Waals surface area contributed by atoms with Crippen LogP contribution in [0.1, 0.15) is 33.1 Å². The number of nitrogens with zero attached hydrogens (tertiary/aromatic N) is 1. The highest BCUT2D eigenvalue weighted by molar-refractivity contribution is 6.09. The Morgan fingerprint density at radius 1 is 1.50 bits per heavy atom. The summed E-state index contributed by atoms with van der Waals surface area (Å²) in [5.41, 5.74) is 4.73. The average Bonchev–Trinajstić information content (AvgIpc) is 3.13. The molecule has 6 heteroatoms. The second kappa shape index (κ2) is 4.12. The van der Waals surface area contributed by atoms with Crippen LogP contribution in [0, 0.1) is 10.8 Å². The van der Waals surface area contributed by atoms with E-state index in [-0.39, 0.29) is 29.3 Å². The summed E-state index contributed by atoms with van der Waals surface area (Å²) in [6.07, 6.45) is 2.27. The standard InChI is InChI=1S/C12H21N3O3/c1-11(2)7(6-8(11)18-3)14-10(16)12(4-5-12)9(13)15-17/h7-8,17H,4-6H2,1-3H3,(H2,13,15)(H,14,16). The van der Waals surface area contributed by atoms with Crippen LogP contribution in [-0.2, 0) is 9.53 Å². The van der Waals surface area contributed by atoms with Crippen LogP contribution in [0.4, 0.5) is 0 Å². The molecule has 2 unspecified atom stereocenters. The van der Waals surface area contributed by atoms with Crippen LogP contribution in [0.5, 0.6) is 0 Å². The normalized spacial score (nSPS) is 32.5. The monoisotopic (exact) mass is 255 g/mol. The summed E-state index contributed by atoms with van der Waals surface area (Å²) in [6.45, 7) is 4.14. The summed E-state index contributed by atoms with van der Waals surface area (Å²) in [6, 6.07) is 0.0823. The molecule has 2 saturated carbocycles. The zero-order chi connectivity index (χ0) is 13.6. The maximum Gasteiger partial charge on any atom is 0.234 e. The first kappa shape index (κ1) is 13.1. The molecular weight excluding hydrogens is 234 g/mol. The van der Waals surface area contributed by atoms with Crippen molar-refractivity contribution in [3.8, 4) is 0 Å². The van der Waals surface area contributed by atoms with Gasteiger partial charge in [0, 0.05) is 18.6 Å². The molecule has 0 aliphatic heterocycles. The number of amidine groups is 1. The molecule has 2 atom stereocenters. The van der Waals surface area contributed by atoms with E-state index >= 15 is 0 Å². The lowest BCUT2D eigenvalue weighted by molar-refractivity contribution is -0.135. The zero-order valence-electron chi connectivity index (χ0n) is 11.1. The molecule has 6 nitrogen and oxygen atoms in total. The first-order chi connectivity index (χ1) is 8.38. The Kier molecular flexibility index (Phi) is 3.01. The highest BCUT2D eigenvalue weighted by atomic mass is 16.5. The Morgan fingerprint density at radius 3 is 2.50 bits per heavy atom. The second-order valence-corrected chi connectivity index (χ2v) is 5.87. The van der Waals surface area contributed by atoms with Gasteiger partial charge in [-0.15, -0.1) is 0 Å². The lowest BCUT2D eigenvalue weighted by Gasteiger charge is -2.51. The molecule has 0 aromatic heterocycles. The third-order valence-corrected chi connectivity index (χ3v) is 4.55. The third-order valence-electron chi connectivity index (χ3n) is 4.55. The molecule has 2 rings (SSSR count). The summed E-state index contributed by atoms with van der Waals surface area (Å²) in [4.78, 5) is 12.2. The van der Waals surface area contributed by atoms with Crippen LogP contribution in [0.2, 0.25) is 0 Å². The molecule has 0 aromatic rings. The molecule has 2 aliphatic carbocycles. The molecule has 102 valence electrons. The number of hydrogen-bond acceptors (Lipinski definition) is 4. The van der Waals surface area contributed by atoms with Gasteiger partial charge in [0.25, 0.3) is 0 Å². The maximum absolute atomic E-state index is 12.2. The highest BCUT2D eigenvalue weighted by Gasteiger charge is 2.57. The van der Waals surface area contributed by atoms with Crippen LogP contribution < -0.4 is 11.1 Å². The van der Waals surface area contributed by atoms with Crippen molar-refractivity contribution in [2.45, 2.75) is 45.3 Å². The lowest BCUT2D eigenvalue weighted by Crippen LogP contribution is -2.63. The summed E-state index contributed by atoms with van der Waals surface area (Å²) in [5.74, 6) is -0.120. The van der Waals surface area contributed by atoms with Crippen LogP contribution in [0.3, 0.4) is 0 Å². The molecule has 2 aliphatic rings. The van der Waals surface area contributed by atoms with Crippen LogP contribution in [0.25, 0.3) is 0 Å².